The molecule has 4 heterocycles. The molecule has 5 aromatic carbocycles. The molecule has 0 radical (unpaired) electrons. The van der Waals surface area contributed by atoms with Gasteiger partial charge in [0, 0.05) is 47.6 Å². The van der Waals surface area contributed by atoms with Crippen LogP contribution in [0.4, 0.5) is 26.9 Å². The molecule has 310 valence electrons. The second-order valence-corrected chi connectivity index (χ2v) is 20.1. The molecule has 1 fully saturated rings. The van der Waals surface area contributed by atoms with Crippen LogP contribution in [0.5, 0.6) is 11.5 Å². The Morgan fingerprint density at radius 2 is 1.62 bits per heavy atom. The monoisotopic (exact) mass is 838 g/mol. The van der Waals surface area contributed by atoms with Crippen molar-refractivity contribution in [2.75, 3.05) is 16.4 Å². The summed E-state index contributed by atoms with van der Waals surface area (Å²) in [5.41, 5.74) is 2.02. The molecule has 9 rings (SSSR count). The Balaban J connectivity index is 1.02. The standard InChI is InChI=1S/C46H43FN6O7Si/c1-29-43(61(2,3)47)42(23-24-50-27-37(48-49-50)35(28-54)31-11-5-4-6-12-31)60-46(29)36-25-33(53(57)58)21-22-38(36)51(45(46)56)26-30-17-19-32(20-18-30)52-39-14-8-10-16-41(39)59-40-15-9-7-13-34(40)44(52)55/h4-22,25,27,29,35,42-43,54H,23-24,26,28H2,1-3H3/t29-,35?,42+,43-,46+/m0/s1. The van der Waals surface area contributed by atoms with Gasteiger partial charge in [-0.2, -0.15) is 0 Å². The van der Waals surface area contributed by atoms with Gasteiger partial charge in [-0.1, -0.05) is 78.9 Å². The van der Waals surface area contributed by atoms with E-state index < -0.39 is 42.4 Å². The number of aromatic nitrogens is 3. The number of aliphatic hydroxyl groups excluding tert-OH is 1. The van der Waals surface area contributed by atoms with E-state index in [1.54, 1.807) is 76.2 Å². The van der Waals surface area contributed by atoms with Crippen molar-refractivity contribution in [2.45, 2.75) is 62.7 Å². The summed E-state index contributed by atoms with van der Waals surface area (Å²) >= 11 is 0. The number of carbonyl (C=O) groups excluding carboxylic acids is 2. The van der Waals surface area contributed by atoms with Crippen LogP contribution in [0.1, 0.15) is 52.0 Å². The number of non-ortho nitro benzene ring substituents is 1. The third-order valence-corrected chi connectivity index (χ3v) is 14.7. The first-order valence-electron chi connectivity index (χ1n) is 20.2. The first-order chi connectivity index (χ1) is 29.4. The molecule has 15 heteroatoms. The number of halogens is 1. The van der Waals surface area contributed by atoms with Gasteiger partial charge in [-0.3, -0.25) is 29.3 Å². The molecule has 0 bridgehead atoms. The summed E-state index contributed by atoms with van der Waals surface area (Å²) in [4.78, 5) is 43.9. The van der Waals surface area contributed by atoms with Crippen LogP contribution in [-0.2, 0) is 28.2 Å². The third kappa shape index (κ3) is 6.87. The van der Waals surface area contributed by atoms with Crippen LogP contribution in [0, 0.1) is 16.0 Å². The number of para-hydroxylation sites is 3. The highest BCUT2D eigenvalue weighted by Gasteiger charge is 2.67. The van der Waals surface area contributed by atoms with Crippen LogP contribution in [0.15, 0.2) is 128 Å². The van der Waals surface area contributed by atoms with Crippen LogP contribution < -0.4 is 14.5 Å². The number of amides is 2. The number of aryl methyl sites for hydroxylation is 1. The maximum atomic E-state index is 16.6. The topological polar surface area (TPSA) is 153 Å². The molecule has 5 atom stereocenters. The zero-order chi connectivity index (χ0) is 42.6. The lowest BCUT2D eigenvalue weighted by Gasteiger charge is -2.31. The van der Waals surface area contributed by atoms with Crippen LogP contribution in [-0.4, -0.2) is 58.0 Å². The Labute approximate surface area is 352 Å². The van der Waals surface area contributed by atoms with Crippen molar-refractivity contribution in [3.63, 3.8) is 0 Å². The number of rotatable bonds is 11. The lowest BCUT2D eigenvalue weighted by molar-refractivity contribution is -0.385. The van der Waals surface area contributed by atoms with E-state index in [-0.39, 0.29) is 30.7 Å². The molecule has 1 unspecified atom stereocenters. The van der Waals surface area contributed by atoms with Crippen molar-refractivity contribution >= 4 is 43.0 Å². The fourth-order valence-electron chi connectivity index (χ4n) is 9.47. The van der Waals surface area contributed by atoms with E-state index in [1.165, 1.54) is 12.1 Å². The summed E-state index contributed by atoms with van der Waals surface area (Å²) in [6, 6.07) is 35.5. The zero-order valence-electron chi connectivity index (χ0n) is 33.7. The average molecular weight is 839 g/mol. The van der Waals surface area contributed by atoms with E-state index >= 15 is 8.90 Å². The number of hydrogen-bond donors (Lipinski definition) is 1. The highest BCUT2D eigenvalue weighted by atomic mass is 28.4. The van der Waals surface area contributed by atoms with Crippen molar-refractivity contribution in [1.29, 1.82) is 0 Å². The predicted molar refractivity (Wildman–Crippen MR) is 228 cm³/mol. The lowest BCUT2D eigenvalue weighted by Crippen LogP contribution is -2.45. The van der Waals surface area contributed by atoms with Gasteiger partial charge < -0.3 is 23.6 Å². The number of aliphatic hydroxyl groups is 1. The number of nitrogens with zero attached hydrogens (tertiary/aromatic N) is 6. The number of nitro groups is 1. The number of ether oxygens (including phenoxy) is 2. The summed E-state index contributed by atoms with van der Waals surface area (Å²) < 4.78 is 31.3. The zero-order valence-corrected chi connectivity index (χ0v) is 34.7. The molecule has 0 saturated carbocycles. The van der Waals surface area contributed by atoms with Crippen LogP contribution in [0.25, 0.3) is 0 Å². The molecule has 61 heavy (non-hydrogen) atoms. The van der Waals surface area contributed by atoms with Gasteiger partial charge in [0.15, 0.2) is 11.4 Å². The fourth-order valence-corrected chi connectivity index (χ4v) is 12.0. The molecule has 6 aromatic rings. The SMILES string of the molecule is C[C@H]1[C@H]([Si](C)(C)F)[C@@H](CCn2cc(C(CO)c3ccccc3)nn2)O[C@]12C(=O)N(Cc1ccc(N3C(=O)c4ccccc4Oc4ccccc43)cc1)c1ccc([N+](=O)[O-])cc12. The summed E-state index contributed by atoms with van der Waals surface area (Å²) in [6.07, 6.45) is 1.33. The maximum Gasteiger partial charge on any atom is 0.269 e. The molecule has 3 aliphatic heterocycles. The van der Waals surface area contributed by atoms with Gasteiger partial charge >= 0.3 is 0 Å². The Kier molecular flexibility index (Phi) is 10.1. The smallest absolute Gasteiger partial charge is 0.269 e. The Hall–Kier alpha value is -6.55. The summed E-state index contributed by atoms with van der Waals surface area (Å²) in [5, 5.41) is 31.0. The summed E-state index contributed by atoms with van der Waals surface area (Å²) in [6.45, 7) is 5.24. The van der Waals surface area contributed by atoms with E-state index in [9.17, 15) is 20.0 Å². The van der Waals surface area contributed by atoms with Crippen LogP contribution >= 0.6 is 0 Å². The molecular weight excluding hydrogens is 796 g/mol. The van der Waals surface area contributed by atoms with Gasteiger partial charge in [-0.05, 0) is 73.1 Å². The second-order valence-electron chi connectivity index (χ2n) is 16.3. The molecule has 0 aliphatic carbocycles. The highest BCUT2D eigenvalue weighted by Crippen LogP contribution is 2.61. The van der Waals surface area contributed by atoms with E-state index in [1.807, 2.05) is 73.7 Å². The van der Waals surface area contributed by atoms with Crippen molar-refractivity contribution in [3.05, 3.63) is 166 Å². The Bertz CT molecular complexity index is 2660. The van der Waals surface area contributed by atoms with Crippen LogP contribution in [0.2, 0.25) is 18.6 Å². The molecule has 2 amide bonds. The fraction of sp³-hybridized carbons (Fsp3) is 0.261. The third-order valence-electron chi connectivity index (χ3n) is 12.3. The van der Waals surface area contributed by atoms with E-state index in [4.69, 9.17) is 9.47 Å². The second kappa shape index (κ2) is 15.5. The average Bonchev–Trinajstić information content (AvgIpc) is 3.89. The van der Waals surface area contributed by atoms with Gasteiger partial charge in [0.25, 0.3) is 17.5 Å². The number of nitro benzene ring substituents is 1. The van der Waals surface area contributed by atoms with Gasteiger partial charge in [0.2, 0.25) is 8.41 Å². The minimum absolute atomic E-state index is 0.0825. The molecule has 13 nitrogen and oxygen atoms in total. The number of hydrogen-bond acceptors (Lipinski definition) is 9. The van der Waals surface area contributed by atoms with E-state index in [0.717, 1.165) is 11.1 Å². The molecule has 3 aliphatic rings. The lowest BCUT2D eigenvalue weighted by atomic mass is 9.82. The van der Waals surface area contributed by atoms with E-state index in [0.29, 0.717) is 58.3 Å². The number of carbonyl (C=O) groups is 2. The maximum absolute atomic E-state index is 16.6. The molecule has 1 saturated heterocycles. The summed E-state index contributed by atoms with van der Waals surface area (Å²) in [5.74, 6) is -0.762. The van der Waals surface area contributed by atoms with Crippen LogP contribution in [0.3, 0.4) is 0 Å². The van der Waals surface area contributed by atoms with Crippen molar-refractivity contribution in [3.8, 4) is 11.5 Å². The number of benzene rings is 5. The van der Waals surface area contributed by atoms with Crippen molar-refractivity contribution < 1.29 is 33.2 Å². The first kappa shape index (κ1) is 39.9. The van der Waals surface area contributed by atoms with Crippen molar-refractivity contribution in [2.24, 2.45) is 5.92 Å². The van der Waals surface area contributed by atoms with Crippen molar-refractivity contribution in [1.82, 2.24) is 15.0 Å². The van der Waals surface area contributed by atoms with Gasteiger partial charge in [-0.25, -0.2) is 0 Å². The van der Waals surface area contributed by atoms with Gasteiger partial charge in [0.1, 0.15) is 5.75 Å². The minimum atomic E-state index is -3.56. The molecule has 1 aromatic heterocycles. The molecule has 1 N–H and O–H groups in total. The van der Waals surface area contributed by atoms with Gasteiger partial charge in [-0.15, -0.1) is 5.10 Å². The minimum Gasteiger partial charge on any atom is -0.454 e. The quantitative estimate of drug-likeness (QED) is 0.0584. The predicted octanol–water partition coefficient (Wildman–Crippen LogP) is 8.81. The summed E-state index contributed by atoms with van der Waals surface area (Å²) in [7, 11) is -3.56. The Morgan fingerprint density at radius 1 is 0.918 bits per heavy atom. The number of anilines is 3. The van der Waals surface area contributed by atoms with E-state index in [2.05, 4.69) is 10.3 Å². The Morgan fingerprint density at radius 3 is 2.34 bits per heavy atom. The molecular formula is C46H43FN6O7Si. The van der Waals surface area contributed by atoms with Gasteiger partial charge in [0.05, 0.1) is 52.7 Å². The normalized spacial score (nSPS) is 21.2. The first-order valence-corrected chi connectivity index (χ1v) is 23.2. The highest BCUT2D eigenvalue weighted by molar-refractivity contribution is 6.72. The number of fused-ring (bicyclic) bond motifs is 4. The largest absolute Gasteiger partial charge is 0.454 e. The molecule has 1 spiro atoms.